The van der Waals surface area contributed by atoms with Crippen molar-refractivity contribution in [2.75, 3.05) is 16.8 Å². The SMILES string of the molecule is N#Cc1cnc(SCC(=O)Nc2ccc(Br)cc2Cl)nc1N. The molecule has 0 saturated heterocycles. The summed E-state index contributed by atoms with van der Waals surface area (Å²) < 4.78 is 0.825. The molecule has 6 nitrogen and oxygen atoms in total. The molecule has 0 spiro atoms. The maximum Gasteiger partial charge on any atom is 0.234 e. The second-order valence-corrected chi connectivity index (χ2v) is 6.29. The molecule has 2 aromatic rings. The highest BCUT2D eigenvalue weighted by Crippen LogP contribution is 2.26. The Balaban J connectivity index is 1.95. The first-order valence-electron chi connectivity index (χ1n) is 5.90. The molecule has 9 heteroatoms. The van der Waals surface area contributed by atoms with Gasteiger partial charge in [0, 0.05) is 4.47 Å². The third-order valence-electron chi connectivity index (χ3n) is 2.45. The summed E-state index contributed by atoms with van der Waals surface area (Å²) in [6.07, 6.45) is 1.33. The van der Waals surface area contributed by atoms with Gasteiger partial charge < -0.3 is 11.1 Å². The number of benzene rings is 1. The summed E-state index contributed by atoms with van der Waals surface area (Å²) in [6.45, 7) is 0. The summed E-state index contributed by atoms with van der Waals surface area (Å²) in [7, 11) is 0. The van der Waals surface area contributed by atoms with Gasteiger partial charge in [0.15, 0.2) is 5.16 Å². The molecule has 0 aliphatic carbocycles. The number of nitrogen functional groups attached to an aromatic ring is 1. The minimum atomic E-state index is -0.249. The summed E-state index contributed by atoms with van der Waals surface area (Å²) in [6, 6.07) is 7.04. The Morgan fingerprint density at radius 2 is 2.32 bits per heavy atom. The molecule has 1 aromatic heterocycles. The molecule has 1 amide bonds. The smallest absolute Gasteiger partial charge is 0.234 e. The summed E-state index contributed by atoms with van der Waals surface area (Å²) in [5.74, 6) is -0.0605. The van der Waals surface area contributed by atoms with Crippen molar-refractivity contribution in [1.29, 1.82) is 5.26 Å². The van der Waals surface area contributed by atoms with Crippen molar-refractivity contribution in [3.63, 3.8) is 0 Å². The van der Waals surface area contributed by atoms with E-state index in [9.17, 15) is 4.79 Å². The van der Waals surface area contributed by atoms with Gasteiger partial charge in [-0.05, 0) is 18.2 Å². The fraction of sp³-hybridized carbons (Fsp3) is 0.0769. The number of nitrogens with zero attached hydrogens (tertiary/aromatic N) is 3. The molecule has 2 rings (SSSR count). The van der Waals surface area contributed by atoms with Crippen LogP contribution < -0.4 is 11.1 Å². The number of carbonyl (C=O) groups is 1. The number of amides is 1. The highest BCUT2D eigenvalue weighted by molar-refractivity contribution is 9.10. The molecular formula is C13H9BrClN5OS. The van der Waals surface area contributed by atoms with Crippen molar-refractivity contribution in [3.05, 3.63) is 39.5 Å². The van der Waals surface area contributed by atoms with Crippen LogP contribution in [0.4, 0.5) is 11.5 Å². The number of anilines is 2. The van der Waals surface area contributed by atoms with E-state index in [2.05, 4.69) is 31.2 Å². The third-order valence-corrected chi connectivity index (χ3v) is 4.12. The number of nitrogens with one attached hydrogen (secondary N) is 1. The van der Waals surface area contributed by atoms with Crippen LogP contribution in [0.25, 0.3) is 0 Å². The predicted molar refractivity (Wildman–Crippen MR) is 89.7 cm³/mol. The zero-order chi connectivity index (χ0) is 16.1. The van der Waals surface area contributed by atoms with E-state index in [0.29, 0.717) is 15.9 Å². The summed E-state index contributed by atoms with van der Waals surface area (Å²) in [5, 5.41) is 12.2. The Morgan fingerprint density at radius 3 is 2.95 bits per heavy atom. The number of halogens is 2. The van der Waals surface area contributed by atoms with Crippen LogP contribution in [-0.2, 0) is 4.79 Å². The van der Waals surface area contributed by atoms with E-state index in [4.69, 9.17) is 22.6 Å². The Kier molecular flexibility index (Phi) is 5.60. The molecule has 0 atom stereocenters. The van der Waals surface area contributed by atoms with E-state index < -0.39 is 0 Å². The molecule has 0 bridgehead atoms. The number of hydrogen-bond donors (Lipinski definition) is 2. The van der Waals surface area contributed by atoms with Crippen molar-refractivity contribution < 1.29 is 4.79 Å². The van der Waals surface area contributed by atoms with Gasteiger partial charge in [0.05, 0.1) is 22.7 Å². The summed E-state index contributed by atoms with van der Waals surface area (Å²) in [4.78, 5) is 19.8. The zero-order valence-electron chi connectivity index (χ0n) is 11.0. The van der Waals surface area contributed by atoms with Crippen molar-refractivity contribution in [2.45, 2.75) is 5.16 Å². The number of aromatic nitrogens is 2. The molecule has 0 unspecified atom stereocenters. The number of hydrogen-bond acceptors (Lipinski definition) is 6. The van der Waals surface area contributed by atoms with E-state index in [-0.39, 0.29) is 23.0 Å². The van der Waals surface area contributed by atoms with E-state index in [1.807, 2.05) is 6.07 Å². The maximum absolute atomic E-state index is 11.9. The van der Waals surface area contributed by atoms with Crippen LogP contribution in [0.3, 0.4) is 0 Å². The molecule has 0 radical (unpaired) electrons. The van der Waals surface area contributed by atoms with E-state index in [1.165, 1.54) is 6.20 Å². The fourth-order valence-electron chi connectivity index (χ4n) is 1.44. The molecule has 22 heavy (non-hydrogen) atoms. The van der Waals surface area contributed by atoms with Crippen LogP contribution in [0.5, 0.6) is 0 Å². The molecular weight excluding hydrogens is 390 g/mol. The molecule has 0 saturated carbocycles. The second-order valence-electron chi connectivity index (χ2n) is 4.02. The van der Waals surface area contributed by atoms with Gasteiger partial charge in [-0.25, -0.2) is 9.97 Å². The summed E-state index contributed by atoms with van der Waals surface area (Å²) in [5.41, 5.74) is 6.31. The lowest BCUT2D eigenvalue weighted by Gasteiger charge is -2.07. The van der Waals surface area contributed by atoms with E-state index >= 15 is 0 Å². The molecule has 112 valence electrons. The van der Waals surface area contributed by atoms with Crippen molar-refractivity contribution in [3.8, 4) is 6.07 Å². The number of thioether (sulfide) groups is 1. The minimum Gasteiger partial charge on any atom is -0.382 e. The lowest BCUT2D eigenvalue weighted by Crippen LogP contribution is -2.14. The normalized spacial score (nSPS) is 10.0. The topological polar surface area (TPSA) is 105 Å². The lowest BCUT2D eigenvalue weighted by molar-refractivity contribution is -0.113. The van der Waals surface area contributed by atoms with Crippen LogP contribution in [0, 0.1) is 11.3 Å². The number of carbonyl (C=O) groups excluding carboxylic acids is 1. The Morgan fingerprint density at radius 1 is 1.55 bits per heavy atom. The Labute approximate surface area is 144 Å². The zero-order valence-corrected chi connectivity index (χ0v) is 14.2. The molecule has 3 N–H and O–H groups in total. The van der Waals surface area contributed by atoms with E-state index in [1.54, 1.807) is 18.2 Å². The first-order chi connectivity index (χ1) is 10.5. The molecule has 1 aromatic carbocycles. The highest BCUT2D eigenvalue weighted by atomic mass is 79.9. The van der Waals surface area contributed by atoms with Crippen LogP contribution in [-0.4, -0.2) is 21.6 Å². The van der Waals surface area contributed by atoms with Crippen LogP contribution in [0.15, 0.2) is 34.0 Å². The Bertz CT molecular complexity index is 765. The monoisotopic (exact) mass is 397 g/mol. The highest BCUT2D eigenvalue weighted by Gasteiger charge is 2.09. The maximum atomic E-state index is 11.9. The van der Waals surface area contributed by atoms with Crippen LogP contribution in [0.1, 0.15) is 5.56 Å². The number of nitrogens with two attached hydrogens (primary N) is 1. The average molecular weight is 399 g/mol. The second kappa shape index (κ2) is 7.45. The lowest BCUT2D eigenvalue weighted by atomic mass is 10.3. The van der Waals surface area contributed by atoms with Crippen LogP contribution >= 0.6 is 39.3 Å². The standard InChI is InChI=1S/C13H9BrClN5OS/c14-8-1-2-10(9(15)3-8)19-11(21)6-22-13-18-5-7(4-16)12(17)20-13/h1-3,5H,6H2,(H,19,21)(H2,17,18,20). The number of nitriles is 1. The molecule has 0 aliphatic rings. The minimum absolute atomic E-state index is 0.0939. The average Bonchev–Trinajstić information content (AvgIpc) is 2.48. The van der Waals surface area contributed by atoms with Crippen molar-refractivity contribution in [1.82, 2.24) is 9.97 Å². The van der Waals surface area contributed by atoms with Crippen molar-refractivity contribution >= 4 is 56.7 Å². The third kappa shape index (κ3) is 4.34. The van der Waals surface area contributed by atoms with Crippen LogP contribution in [0.2, 0.25) is 5.02 Å². The van der Waals surface area contributed by atoms with Gasteiger partial charge in [-0.2, -0.15) is 5.26 Å². The molecule has 0 fully saturated rings. The molecule has 0 aliphatic heterocycles. The van der Waals surface area contributed by atoms with Crippen molar-refractivity contribution in [2.24, 2.45) is 0 Å². The first-order valence-corrected chi connectivity index (χ1v) is 8.05. The largest absolute Gasteiger partial charge is 0.382 e. The van der Waals surface area contributed by atoms with Gasteiger partial charge in [0.25, 0.3) is 0 Å². The summed E-state index contributed by atoms with van der Waals surface area (Å²) >= 11 is 10.4. The van der Waals surface area contributed by atoms with E-state index in [0.717, 1.165) is 16.2 Å². The fourth-order valence-corrected chi connectivity index (χ4v) is 2.78. The predicted octanol–water partition coefficient (Wildman–Crippen LogP) is 3.08. The molecule has 1 heterocycles. The van der Waals surface area contributed by atoms with Gasteiger partial charge >= 0.3 is 0 Å². The van der Waals surface area contributed by atoms with Gasteiger partial charge in [0.1, 0.15) is 17.5 Å². The van der Waals surface area contributed by atoms with Gasteiger partial charge in [-0.15, -0.1) is 0 Å². The van der Waals surface area contributed by atoms with Gasteiger partial charge in [-0.3, -0.25) is 4.79 Å². The Hall–Kier alpha value is -1.82. The quantitative estimate of drug-likeness (QED) is 0.606. The van der Waals surface area contributed by atoms with Gasteiger partial charge in [-0.1, -0.05) is 39.3 Å². The van der Waals surface area contributed by atoms with Gasteiger partial charge in [0.2, 0.25) is 5.91 Å². The first kappa shape index (κ1) is 16.5. The number of rotatable bonds is 4.